The highest BCUT2D eigenvalue weighted by atomic mass is 32.3. The molecule has 0 bridgehead atoms. The molecule has 0 saturated heterocycles. The van der Waals surface area contributed by atoms with Crippen molar-refractivity contribution in [3.63, 3.8) is 0 Å². The van der Waals surface area contributed by atoms with Crippen LogP contribution in [0.4, 0.5) is 0 Å². The third-order valence-electron chi connectivity index (χ3n) is 3.72. The van der Waals surface area contributed by atoms with E-state index in [1.54, 1.807) is 6.20 Å². The van der Waals surface area contributed by atoms with Crippen molar-refractivity contribution in [3.05, 3.63) is 71.5 Å². The SMILES string of the molecule is CCC(O)CS1(n2ccnc2)C=CC(c2ccccc2)=C1. The Morgan fingerprint density at radius 1 is 1.29 bits per heavy atom. The fraction of sp³-hybridized carbons (Fsp3) is 0.235. The molecule has 21 heavy (non-hydrogen) atoms. The second kappa shape index (κ2) is 5.92. The van der Waals surface area contributed by atoms with E-state index >= 15 is 0 Å². The van der Waals surface area contributed by atoms with Gasteiger partial charge in [-0.2, -0.15) is 0 Å². The molecule has 110 valence electrons. The number of rotatable bonds is 5. The van der Waals surface area contributed by atoms with Gasteiger partial charge in [-0.25, -0.2) is 4.98 Å². The molecule has 1 aromatic carbocycles. The molecule has 0 aliphatic carbocycles. The molecule has 1 aromatic heterocycles. The first-order valence-electron chi connectivity index (χ1n) is 7.16. The van der Waals surface area contributed by atoms with Crippen molar-refractivity contribution in [3.8, 4) is 0 Å². The summed E-state index contributed by atoms with van der Waals surface area (Å²) in [5, 5.41) is 14.7. The van der Waals surface area contributed by atoms with Crippen LogP contribution in [-0.2, 0) is 0 Å². The molecule has 0 saturated carbocycles. The van der Waals surface area contributed by atoms with Gasteiger partial charge < -0.3 is 5.11 Å². The zero-order chi connectivity index (χ0) is 14.7. The molecule has 3 nitrogen and oxygen atoms in total. The Morgan fingerprint density at radius 3 is 2.76 bits per heavy atom. The predicted octanol–water partition coefficient (Wildman–Crippen LogP) is 3.79. The van der Waals surface area contributed by atoms with Gasteiger partial charge in [-0.15, -0.1) is 10.2 Å². The molecule has 0 radical (unpaired) electrons. The van der Waals surface area contributed by atoms with E-state index in [4.69, 9.17) is 0 Å². The smallest absolute Gasteiger partial charge is 0.104 e. The number of benzene rings is 1. The monoisotopic (exact) mass is 300 g/mol. The summed E-state index contributed by atoms with van der Waals surface area (Å²) < 4.78 is 2.15. The van der Waals surface area contributed by atoms with Gasteiger partial charge in [-0.05, 0) is 34.4 Å². The van der Waals surface area contributed by atoms with Gasteiger partial charge in [0.2, 0.25) is 0 Å². The van der Waals surface area contributed by atoms with Crippen molar-refractivity contribution in [1.82, 2.24) is 8.96 Å². The minimum Gasteiger partial charge on any atom is -0.392 e. The minimum atomic E-state index is -1.34. The summed E-state index contributed by atoms with van der Waals surface area (Å²) in [7, 11) is -1.34. The van der Waals surface area contributed by atoms with E-state index in [0.29, 0.717) is 0 Å². The maximum atomic E-state index is 10.2. The van der Waals surface area contributed by atoms with Crippen LogP contribution < -0.4 is 0 Å². The number of aliphatic hydroxyl groups excluding tert-OH is 1. The number of aromatic nitrogens is 2. The molecular weight excluding hydrogens is 280 g/mol. The minimum absolute atomic E-state index is 0.293. The zero-order valence-corrected chi connectivity index (χ0v) is 12.9. The molecular formula is C17H20N2OS. The zero-order valence-electron chi connectivity index (χ0n) is 12.1. The number of allylic oxidation sites excluding steroid dienone is 2. The van der Waals surface area contributed by atoms with Crippen molar-refractivity contribution < 1.29 is 5.11 Å². The summed E-state index contributed by atoms with van der Waals surface area (Å²) in [4.78, 5) is 4.18. The van der Waals surface area contributed by atoms with Gasteiger partial charge >= 0.3 is 0 Å². The highest BCUT2D eigenvalue weighted by molar-refractivity contribution is 8.37. The average Bonchev–Trinajstić information content (AvgIpc) is 3.18. The summed E-state index contributed by atoms with van der Waals surface area (Å²) in [6, 6.07) is 10.4. The summed E-state index contributed by atoms with van der Waals surface area (Å²) in [5.74, 6) is 0.743. The topological polar surface area (TPSA) is 38.0 Å². The summed E-state index contributed by atoms with van der Waals surface area (Å²) in [5.41, 5.74) is 2.44. The summed E-state index contributed by atoms with van der Waals surface area (Å²) in [6.45, 7) is 2.02. The van der Waals surface area contributed by atoms with Gasteiger partial charge in [0.25, 0.3) is 0 Å². The molecule has 2 heterocycles. The highest BCUT2D eigenvalue weighted by Crippen LogP contribution is 2.58. The first-order valence-corrected chi connectivity index (χ1v) is 9.05. The van der Waals surface area contributed by atoms with Gasteiger partial charge in [0.05, 0.1) is 6.10 Å². The van der Waals surface area contributed by atoms with E-state index in [1.807, 2.05) is 25.5 Å². The van der Waals surface area contributed by atoms with Crippen molar-refractivity contribution in [2.45, 2.75) is 19.4 Å². The van der Waals surface area contributed by atoms with Crippen molar-refractivity contribution in [1.29, 1.82) is 0 Å². The van der Waals surface area contributed by atoms with Crippen LogP contribution in [0.25, 0.3) is 5.57 Å². The summed E-state index contributed by atoms with van der Waals surface area (Å²) in [6.07, 6.45) is 8.30. The maximum Gasteiger partial charge on any atom is 0.104 e. The molecule has 0 amide bonds. The Labute approximate surface area is 127 Å². The lowest BCUT2D eigenvalue weighted by molar-refractivity contribution is 0.194. The predicted molar refractivity (Wildman–Crippen MR) is 89.9 cm³/mol. The molecule has 1 N–H and O–H groups in total. The fourth-order valence-corrected chi connectivity index (χ4v) is 5.60. The summed E-state index contributed by atoms with van der Waals surface area (Å²) >= 11 is 0. The third-order valence-corrected chi connectivity index (χ3v) is 6.91. The largest absolute Gasteiger partial charge is 0.392 e. The van der Waals surface area contributed by atoms with Crippen LogP contribution in [0.15, 0.2) is 65.9 Å². The molecule has 0 fully saturated rings. The normalized spacial score (nSPS) is 25.3. The van der Waals surface area contributed by atoms with Crippen molar-refractivity contribution in [2.24, 2.45) is 0 Å². The Balaban J connectivity index is 1.99. The molecule has 0 spiro atoms. The Kier molecular flexibility index (Phi) is 3.99. The lowest BCUT2D eigenvalue weighted by atomic mass is 10.1. The molecule has 1 aliphatic heterocycles. The van der Waals surface area contributed by atoms with E-state index < -0.39 is 10.2 Å². The van der Waals surface area contributed by atoms with Crippen LogP contribution in [0.5, 0.6) is 0 Å². The molecule has 1 aliphatic rings. The van der Waals surface area contributed by atoms with E-state index in [9.17, 15) is 5.11 Å². The van der Waals surface area contributed by atoms with Crippen LogP contribution in [0, 0.1) is 0 Å². The van der Waals surface area contributed by atoms with Crippen LogP contribution in [0.3, 0.4) is 0 Å². The third kappa shape index (κ3) is 2.82. The van der Waals surface area contributed by atoms with Crippen molar-refractivity contribution in [2.75, 3.05) is 5.75 Å². The highest BCUT2D eigenvalue weighted by Gasteiger charge is 2.27. The van der Waals surface area contributed by atoms with Crippen LogP contribution >= 0.6 is 10.2 Å². The van der Waals surface area contributed by atoms with Gasteiger partial charge in [0.1, 0.15) is 6.33 Å². The standard InChI is InChI=1S/C17H20N2OS/c1-2-17(20)13-21(19-10-9-18-14-19)11-8-16(12-21)15-6-4-3-5-7-15/h3-12,14,17,20H,2,13H2,1H3. The number of imidazole rings is 1. The van der Waals surface area contributed by atoms with Gasteiger partial charge in [0.15, 0.2) is 0 Å². The van der Waals surface area contributed by atoms with Crippen LogP contribution in [-0.4, -0.2) is 25.9 Å². The first-order chi connectivity index (χ1) is 10.2. The van der Waals surface area contributed by atoms with Gasteiger partial charge in [-0.3, -0.25) is 3.97 Å². The second-order valence-corrected chi connectivity index (χ2v) is 8.08. The van der Waals surface area contributed by atoms with E-state index in [2.05, 4.69) is 50.1 Å². The fourth-order valence-electron chi connectivity index (χ4n) is 2.48. The molecule has 2 aromatic rings. The average molecular weight is 300 g/mol. The number of hydrogen-bond acceptors (Lipinski definition) is 2. The van der Waals surface area contributed by atoms with E-state index in [0.717, 1.165) is 12.2 Å². The van der Waals surface area contributed by atoms with E-state index in [-0.39, 0.29) is 6.10 Å². The van der Waals surface area contributed by atoms with Gasteiger partial charge in [-0.1, -0.05) is 37.3 Å². The number of hydrogen-bond donors (Lipinski definition) is 1. The molecule has 3 rings (SSSR count). The second-order valence-electron chi connectivity index (χ2n) is 5.20. The molecule has 2 unspecified atom stereocenters. The molecule has 2 atom stereocenters. The Bertz CT molecular complexity index is 649. The lowest BCUT2D eigenvalue weighted by Gasteiger charge is -2.34. The Hall–Kier alpha value is -1.78. The first kappa shape index (κ1) is 14.2. The number of aliphatic hydroxyl groups is 1. The quantitative estimate of drug-likeness (QED) is 0.912. The van der Waals surface area contributed by atoms with Gasteiger partial charge in [0, 0.05) is 18.1 Å². The van der Waals surface area contributed by atoms with Crippen LogP contribution in [0.2, 0.25) is 0 Å². The maximum absolute atomic E-state index is 10.2. The van der Waals surface area contributed by atoms with Crippen molar-refractivity contribution >= 4 is 15.8 Å². The Morgan fingerprint density at radius 2 is 2.10 bits per heavy atom. The lowest BCUT2D eigenvalue weighted by Crippen LogP contribution is -2.19. The number of nitrogens with zero attached hydrogens (tertiary/aromatic N) is 2. The molecule has 4 heteroatoms. The van der Waals surface area contributed by atoms with E-state index in [1.165, 1.54) is 11.1 Å². The van der Waals surface area contributed by atoms with Crippen LogP contribution in [0.1, 0.15) is 18.9 Å².